The number of hydrogen-bond acceptors (Lipinski definition) is 2. The van der Waals surface area contributed by atoms with Crippen LogP contribution in [0, 0.1) is 6.92 Å². The summed E-state index contributed by atoms with van der Waals surface area (Å²) in [7, 11) is 0. The zero-order chi connectivity index (χ0) is 11.5. The number of aromatic nitrogens is 1. The fourth-order valence-corrected chi connectivity index (χ4v) is 2.21. The fraction of sp³-hybridized carbons (Fsp3) is 0.538. The molecule has 2 heterocycles. The van der Waals surface area contributed by atoms with Gasteiger partial charge >= 0.3 is 0 Å². The van der Waals surface area contributed by atoms with E-state index in [1.165, 1.54) is 6.42 Å². The minimum atomic E-state index is 0.0795. The van der Waals surface area contributed by atoms with Crippen LogP contribution in [0.1, 0.15) is 42.4 Å². The first-order valence-corrected chi connectivity index (χ1v) is 5.93. The Morgan fingerprint density at radius 2 is 2.25 bits per heavy atom. The van der Waals surface area contributed by atoms with Gasteiger partial charge < -0.3 is 4.90 Å². The first-order chi connectivity index (χ1) is 7.68. The lowest BCUT2D eigenvalue weighted by Gasteiger charge is -2.33. The molecule has 1 aromatic rings. The molecule has 3 nitrogen and oxygen atoms in total. The summed E-state index contributed by atoms with van der Waals surface area (Å²) in [5.74, 6) is 0.0795. The van der Waals surface area contributed by atoms with Gasteiger partial charge in [0, 0.05) is 18.3 Å². The van der Waals surface area contributed by atoms with Crippen LogP contribution in [0.2, 0.25) is 0 Å². The van der Waals surface area contributed by atoms with Gasteiger partial charge in [-0.2, -0.15) is 0 Å². The van der Waals surface area contributed by atoms with Gasteiger partial charge in [0.25, 0.3) is 5.91 Å². The fourth-order valence-electron chi connectivity index (χ4n) is 2.21. The second kappa shape index (κ2) is 4.64. The Morgan fingerprint density at radius 3 is 2.94 bits per heavy atom. The summed E-state index contributed by atoms with van der Waals surface area (Å²) in [6.45, 7) is 4.90. The molecule has 1 aliphatic rings. The van der Waals surface area contributed by atoms with Gasteiger partial charge in [-0.15, -0.1) is 0 Å². The number of likely N-dealkylation sites (tertiary alicyclic amines) is 1. The lowest BCUT2D eigenvalue weighted by molar-refractivity contribution is 0.0629. The highest BCUT2D eigenvalue weighted by Crippen LogP contribution is 2.18. The molecule has 1 fully saturated rings. The van der Waals surface area contributed by atoms with Gasteiger partial charge in [0.2, 0.25) is 0 Å². The molecule has 0 bridgehead atoms. The van der Waals surface area contributed by atoms with Gasteiger partial charge in [0.1, 0.15) is 5.69 Å². The van der Waals surface area contributed by atoms with Crippen molar-refractivity contribution in [2.75, 3.05) is 6.54 Å². The summed E-state index contributed by atoms with van der Waals surface area (Å²) in [5.41, 5.74) is 1.48. The van der Waals surface area contributed by atoms with E-state index in [2.05, 4.69) is 11.9 Å². The smallest absolute Gasteiger partial charge is 0.272 e. The summed E-state index contributed by atoms with van der Waals surface area (Å²) in [6.07, 6.45) is 3.45. The first-order valence-electron chi connectivity index (χ1n) is 5.93. The second-order valence-electron chi connectivity index (χ2n) is 4.51. The van der Waals surface area contributed by atoms with Crippen LogP contribution < -0.4 is 0 Å². The molecular formula is C13H18N2O. The summed E-state index contributed by atoms with van der Waals surface area (Å²) in [6, 6.07) is 5.96. The molecule has 1 atom stereocenters. The molecule has 0 aromatic carbocycles. The van der Waals surface area contributed by atoms with Crippen molar-refractivity contribution in [3.8, 4) is 0 Å². The minimum Gasteiger partial charge on any atom is -0.335 e. The van der Waals surface area contributed by atoms with Crippen LogP contribution in [0.4, 0.5) is 0 Å². The summed E-state index contributed by atoms with van der Waals surface area (Å²) in [5, 5.41) is 0. The minimum absolute atomic E-state index is 0.0795. The number of aryl methyl sites for hydroxylation is 1. The average molecular weight is 218 g/mol. The van der Waals surface area contributed by atoms with E-state index in [0.29, 0.717) is 11.7 Å². The summed E-state index contributed by atoms with van der Waals surface area (Å²) < 4.78 is 0. The molecule has 1 aromatic heterocycles. The maximum Gasteiger partial charge on any atom is 0.272 e. The van der Waals surface area contributed by atoms with E-state index in [1.807, 2.05) is 24.0 Å². The molecule has 0 N–H and O–H groups in total. The molecule has 86 valence electrons. The Kier molecular flexibility index (Phi) is 3.22. The molecule has 2 rings (SSSR count). The number of nitrogens with zero attached hydrogens (tertiary/aromatic N) is 2. The Balaban J connectivity index is 2.17. The normalized spacial score (nSPS) is 20.9. The Hall–Kier alpha value is -1.38. The van der Waals surface area contributed by atoms with Crippen molar-refractivity contribution >= 4 is 5.91 Å². The van der Waals surface area contributed by atoms with Crippen molar-refractivity contribution in [2.45, 2.75) is 39.2 Å². The van der Waals surface area contributed by atoms with Crippen molar-refractivity contribution < 1.29 is 4.79 Å². The molecule has 0 spiro atoms. The van der Waals surface area contributed by atoms with E-state index >= 15 is 0 Å². The van der Waals surface area contributed by atoms with Gasteiger partial charge in [-0.05, 0) is 45.2 Å². The summed E-state index contributed by atoms with van der Waals surface area (Å²) >= 11 is 0. The molecule has 0 saturated carbocycles. The van der Waals surface area contributed by atoms with E-state index < -0.39 is 0 Å². The molecule has 1 aliphatic heterocycles. The number of piperidine rings is 1. The van der Waals surface area contributed by atoms with E-state index in [9.17, 15) is 4.79 Å². The predicted molar refractivity (Wildman–Crippen MR) is 63.3 cm³/mol. The van der Waals surface area contributed by atoms with Crippen LogP contribution in [0.15, 0.2) is 18.2 Å². The average Bonchev–Trinajstić information content (AvgIpc) is 2.29. The monoisotopic (exact) mass is 218 g/mol. The molecule has 16 heavy (non-hydrogen) atoms. The van der Waals surface area contributed by atoms with Gasteiger partial charge in [-0.3, -0.25) is 4.79 Å². The number of rotatable bonds is 1. The molecule has 3 heteroatoms. The van der Waals surface area contributed by atoms with Crippen LogP contribution in [0.5, 0.6) is 0 Å². The van der Waals surface area contributed by atoms with E-state index in [4.69, 9.17) is 0 Å². The molecule has 1 saturated heterocycles. The predicted octanol–water partition coefficient (Wildman–Crippen LogP) is 2.40. The zero-order valence-electron chi connectivity index (χ0n) is 9.94. The van der Waals surface area contributed by atoms with Crippen molar-refractivity contribution in [2.24, 2.45) is 0 Å². The third-order valence-electron chi connectivity index (χ3n) is 3.17. The first kappa shape index (κ1) is 11.1. The molecular weight excluding hydrogens is 200 g/mol. The maximum atomic E-state index is 12.2. The van der Waals surface area contributed by atoms with Crippen molar-refractivity contribution in [3.63, 3.8) is 0 Å². The highest BCUT2D eigenvalue weighted by Gasteiger charge is 2.24. The van der Waals surface area contributed by atoms with Crippen molar-refractivity contribution in [3.05, 3.63) is 29.6 Å². The third kappa shape index (κ3) is 2.23. The zero-order valence-corrected chi connectivity index (χ0v) is 9.94. The van der Waals surface area contributed by atoms with Crippen LogP contribution in [0.3, 0.4) is 0 Å². The van der Waals surface area contributed by atoms with Gasteiger partial charge in [0.05, 0.1) is 0 Å². The van der Waals surface area contributed by atoms with Crippen LogP contribution >= 0.6 is 0 Å². The Bertz CT molecular complexity index is 389. The number of amides is 1. The lowest BCUT2D eigenvalue weighted by Crippen LogP contribution is -2.42. The summed E-state index contributed by atoms with van der Waals surface area (Å²) in [4.78, 5) is 18.5. The molecule has 1 amide bonds. The quantitative estimate of drug-likeness (QED) is 0.725. The second-order valence-corrected chi connectivity index (χ2v) is 4.51. The number of carbonyl (C=O) groups is 1. The highest BCUT2D eigenvalue weighted by atomic mass is 16.2. The van der Waals surface area contributed by atoms with Crippen LogP contribution in [-0.4, -0.2) is 28.4 Å². The van der Waals surface area contributed by atoms with E-state index in [0.717, 1.165) is 25.1 Å². The standard InChI is InChI=1S/C13H18N2O/c1-10-6-5-8-12(14-10)13(16)15-9-4-3-7-11(15)2/h5-6,8,11H,3-4,7,9H2,1-2H3. The molecule has 1 unspecified atom stereocenters. The SMILES string of the molecule is Cc1cccc(C(=O)N2CCCCC2C)n1. The number of carbonyl (C=O) groups excluding carboxylic acids is 1. The number of pyridine rings is 1. The van der Waals surface area contributed by atoms with Crippen molar-refractivity contribution in [1.29, 1.82) is 0 Å². The van der Waals surface area contributed by atoms with Gasteiger partial charge in [0.15, 0.2) is 0 Å². The molecule has 0 radical (unpaired) electrons. The van der Waals surface area contributed by atoms with Gasteiger partial charge in [-0.1, -0.05) is 6.07 Å². The number of hydrogen-bond donors (Lipinski definition) is 0. The van der Waals surface area contributed by atoms with Crippen LogP contribution in [-0.2, 0) is 0 Å². The van der Waals surface area contributed by atoms with E-state index in [-0.39, 0.29) is 5.91 Å². The van der Waals surface area contributed by atoms with E-state index in [1.54, 1.807) is 6.07 Å². The highest BCUT2D eigenvalue weighted by molar-refractivity contribution is 5.92. The lowest BCUT2D eigenvalue weighted by atomic mass is 10.0. The Morgan fingerprint density at radius 1 is 1.44 bits per heavy atom. The van der Waals surface area contributed by atoms with Gasteiger partial charge in [-0.25, -0.2) is 4.98 Å². The molecule has 0 aliphatic carbocycles. The third-order valence-corrected chi connectivity index (χ3v) is 3.17. The maximum absolute atomic E-state index is 12.2. The largest absolute Gasteiger partial charge is 0.335 e. The topological polar surface area (TPSA) is 33.2 Å². The van der Waals surface area contributed by atoms with Crippen LogP contribution in [0.25, 0.3) is 0 Å². The Labute approximate surface area is 96.5 Å². The van der Waals surface area contributed by atoms with Crippen molar-refractivity contribution in [1.82, 2.24) is 9.88 Å².